The second-order valence-electron chi connectivity index (χ2n) is 2.94. The van der Waals surface area contributed by atoms with Crippen LogP contribution in [0.2, 0.25) is 0 Å². The highest BCUT2D eigenvalue weighted by atomic mass is 19.1. The Morgan fingerprint density at radius 2 is 2.54 bits per heavy atom. The van der Waals surface area contributed by atoms with E-state index < -0.39 is 5.95 Å². The molecule has 1 rings (SSSR count). The molecular weight excluding hydrogens is 167 g/mol. The average Bonchev–Trinajstić information content (AvgIpc) is 2.04. The topological polar surface area (TPSA) is 24.9 Å². The van der Waals surface area contributed by atoms with Crippen LogP contribution in [0.25, 0.3) is 0 Å². The maximum atomic E-state index is 12.6. The zero-order valence-corrected chi connectivity index (χ0v) is 7.63. The first-order chi connectivity index (χ1) is 6.22. The van der Waals surface area contributed by atoms with Gasteiger partial charge in [-0.2, -0.15) is 4.39 Å². The molecule has 1 unspecified atom stereocenters. The molecule has 3 heteroatoms. The van der Waals surface area contributed by atoms with Gasteiger partial charge in [0.2, 0.25) is 5.95 Å². The van der Waals surface area contributed by atoms with Crippen molar-refractivity contribution in [2.45, 2.75) is 19.4 Å². The van der Waals surface area contributed by atoms with Crippen molar-refractivity contribution < 1.29 is 4.39 Å². The Bertz CT molecular complexity index is 286. The molecule has 0 aliphatic carbocycles. The summed E-state index contributed by atoms with van der Waals surface area (Å²) >= 11 is 0. The van der Waals surface area contributed by atoms with Gasteiger partial charge in [-0.05, 0) is 19.4 Å². The lowest BCUT2D eigenvalue weighted by Gasteiger charge is -2.12. The van der Waals surface area contributed by atoms with Crippen LogP contribution in [0.3, 0.4) is 0 Å². The minimum atomic E-state index is -0.462. The van der Waals surface area contributed by atoms with E-state index in [9.17, 15) is 4.39 Å². The van der Waals surface area contributed by atoms with Gasteiger partial charge in [-0.25, -0.2) is 4.98 Å². The molecule has 13 heavy (non-hydrogen) atoms. The van der Waals surface area contributed by atoms with Crippen molar-refractivity contribution in [1.82, 2.24) is 4.98 Å². The van der Waals surface area contributed by atoms with Crippen molar-refractivity contribution in [3.8, 4) is 0 Å². The van der Waals surface area contributed by atoms with Gasteiger partial charge >= 0.3 is 0 Å². The monoisotopic (exact) mass is 180 g/mol. The van der Waals surface area contributed by atoms with Crippen LogP contribution in [-0.4, -0.2) is 11.0 Å². The van der Waals surface area contributed by atoms with Crippen LogP contribution < -0.4 is 5.32 Å². The summed E-state index contributed by atoms with van der Waals surface area (Å²) in [4.78, 5) is 3.47. The Labute approximate surface area is 77.5 Å². The Morgan fingerprint density at radius 3 is 3.15 bits per heavy atom. The van der Waals surface area contributed by atoms with E-state index >= 15 is 0 Å². The van der Waals surface area contributed by atoms with Gasteiger partial charge in [-0.1, -0.05) is 6.08 Å². The van der Waals surface area contributed by atoms with Crippen molar-refractivity contribution in [2.24, 2.45) is 0 Å². The molecule has 2 nitrogen and oxygen atoms in total. The molecular formula is C10H13FN2. The predicted molar refractivity (Wildman–Crippen MR) is 52.1 cm³/mol. The predicted octanol–water partition coefficient (Wildman–Crippen LogP) is 2.60. The van der Waals surface area contributed by atoms with E-state index in [2.05, 4.69) is 16.9 Å². The smallest absolute Gasteiger partial charge is 0.214 e. The highest BCUT2D eigenvalue weighted by Crippen LogP contribution is 2.09. The Morgan fingerprint density at radius 1 is 1.77 bits per heavy atom. The van der Waals surface area contributed by atoms with E-state index in [-0.39, 0.29) is 6.04 Å². The van der Waals surface area contributed by atoms with Gasteiger partial charge in [0.05, 0.1) is 0 Å². The lowest BCUT2D eigenvalue weighted by atomic mass is 10.2. The number of aromatic nitrogens is 1. The quantitative estimate of drug-likeness (QED) is 0.569. The molecule has 0 saturated heterocycles. The van der Waals surface area contributed by atoms with Crippen LogP contribution in [0.1, 0.15) is 13.3 Å². The summed E-state index contributed by atoms with van der Waals surface area (Å²) in [7, 11) is 0. The first-order valence-corrected chi connectivity index (χ1v) is 4.21. The summed E-state index contributed by atoms with van der Waals surface area (Å²) in [5.41, 5.74) is 0.752. The van der Waals surface area contributed by atoms with E-state index in [1.165, 1.54) is 12.3 Å². The van der Waals surface area contributed by atoms with E-state index in [0.717, 1.165) is 12.1 Å². The molecule has 0 bridgehead atoms. The molecule has 1 N–H and O–H groups in total. The summed E-state index contributed by atoms with van der Waals surface area (Å²) in [5, 5.41) is 3.13. The fourth-order valence-corrected chi connectivity index (χ4v) is 1.09. The van der Waals surface area contributed by atoms with Gasteiger partial charge in [0, 0.05) is 24.0 Å². The molecule has 0 spiro atoms. The molecule has 0 radical (unpaired) electrons. The van der Waals surface area contributed by atoms with Gasteiger partial charge in [0.1, 0.15) is 0 Å². The zero-order valence-electron chi connectivity index (χ0n) is 7.63. The number of pyridine rings is 1. The molecule has 0 amide bonds. The summed E-state index contributed by atoms with van der Waals surface area (Å²) < 4.78 is 12.6. The number of hydrogen-bond donors (Lipinski definition) is 1. The fourth-order valence-electron chi connectivity index (χ4n) is 1.09. The van der Waals surface area contributed by atoms with Crippen molar-refractivity contribution >= 4 is 5.69 Å². The van der Waals surface area contributed by atoms with Crippen LogP contribution >= 0.6 is 0 Å². The lowest BCUT2D eigenvalue weighted by molar-refractivity contribution is 0.584. The standard InChI is InChI=1S/C10H13FN2/c1-3-4-8(2)13-9-5-6-12-10(11)7-9/h3,5-8H,1,4H2,2H3,(H,12,13). The zero-order chi connectivity index (χ0) is 9.68. The van der Waals surface area contributed by atoms with Crippen LogP contribution in [0.4, 0.5) is 10.1 Å². The number of anilines is 1. The molecule has 1 atom stereocenters. The molecule has 70 valence electrons. The van der Waals surface area contributed by atoms with Gasteiger partial charge in [0.15, 0.2) is 0 Å². The Kier molecular flexibility index (Phi) is 3.43. The molecule has 0 saturated carbocycles. The van der Waals surface area contributed by atoms with Crippen molar-refractivity contribution in [2.75, 3.05) is 5.32 Å². The largest absolute Gasteiger partial charge is 0.382 e. The molecule has 1 aromatic rings. The van der Waals surface area contributed by atoms with Crippen molar-refractivity contribution in [3.63, 3.8) is 0 Å². The normalized spacial score (nSPS) is 12.2. The van der Waals surface area contributed by atoms with E-state index in [4.69, 9.17) is 0 Å². The third-order valence-corrected chi connectivity index (χ3v) is 1.66. The van der Waals surface area contributed by atoms with Crippen LogP contribution in [0.5, 0.6) is 0 Å². The summed E-state index contributed by atoms with van der Waals surface area (Å²) in [5.74, 6) is -0.462. The number of rotatable bonds is 4. The highest BCUT2D eigenvalue weighted by Gasteiger charge is 2.00. The molecule has 0 fully saturated rings. The van der Waals surface area contributed by atoms with Crippen molar-refractivity contribution in [1.29, 1.82) is 0 Å². The number of hydrogen-bond acceptors (Lipinski definition) is 2. The van der Waals surface area contributed by atoms with Crippen LogP contribution in [0, 0.1) is 5.95 Å². The second kappa shape index (κ2) is 4.60. The third kappa shape index (κ3) is 3.23. The molecule has 1 heterocycles. The molecule has 0 aliphatic rings. The fraction of sp³-hybridized carbons (Fsp3) is 0.300. The average molecular weight is 180 g/mol. The number of nitrogens with zero attached hydrogens (tertiary/aromatic N) is 1. The van der Waals surface area contributed by atoms with E-state index in [1.807, 2.05) is 13.0 Å². The van der Waals surface area contributed by atoms with Gasteiger partial charge in [-0.15, -0.1) is 6.58 Å². The molecule has 0 aliphatic heterocycles. The number of halogens is 1. The first-order valence-electron chi connectivity index (χ1n) is 4.21. The Hall–Kier alpha value is -1.38. The first kappa shape index (κ1) is 9.71. The van der Waals surface area contributed by atoms with E-state index in [0.29, 0.717) is 0 Å². The van der Waals surface area contributed by atoms with Crippen LogP contribution in [0.15, 0.2) is 31.0 Å². The summed E-state index contributed by atoms with van der Waals surface area (Å²) in [6.07, 6.45) is 4.12. The lowest BCUT2D eigenvalue weighted by Crippen LogP contribution is -2.13. The Balaban J connectivity index is 2.58. The van der Waals surface area contributed by atoms with E-state index in [1.54, 1.807) is 6.07 Å². The molecule has 0 aromatic carbocycles. The van der Waals surface area contributed by atoms with Crippen LogP contribution in [-0.2, 0) is 0 Å². The second-order valence-corrected chi connectivity index (χ2v) is 2.94. The summed E-state index contributed by atoms with van der Waals surface area (Å²) in [6.45, 7) is 5.65. The SMILES string of the molecule is C=CCC(C)Nc1ccnc(F)c1. The van der Waals surface area contributed by atoms with Gasteiger partial charge in [-0.3, -0.25) is 0 Å². The summed E-state index contributed by atoms with van der Waals surface area (Å²) in [6, 6.07) is 3.38. The molecule has 1 aromatic heterocycles. The number of nitrogens with one attached hydrogen (secondary N) is 1. The van der Waals surface area contributed by atoms with Gasteiger partial charge in [0.25, 0.3) is 0 Å². The minimum Gasteiger partial charge on any atom is -0.382 e. The maximum absolute atomic E-state index is 12.6. The third-order valence-electron chi connectivity index (χ3n) is 1.66. The van der Waals surface area contributed by atoms with Gasteiger partial charge < -0.3 is 5.32 Å². The minimum absolute atomic E-state index is 0.263. The van der Waals surface area contributed by atoms with Crippen molar-refractivity contribution in [3.05, 3.63) is 36.9 Å². The maximum Gasteiger partial charge on any atom is 0.214 e. The highest BCUT2D eigenvalue weighted by molar-refractivity contribution is 5.42.